The molecule has 0 bridgehead atoms. The van der Waals surface area contributed by atoms with E-state index in [2.05, 4.69) is 0 Å². The molecule has 21 heavy (non-hydrogen) atoms. The highest BCUT2D eigenvalue weighted by molar-refractivity contribution is 6.04. The highest BCUT2D eigenvalue weighted by Crippen LogP contribution is 2.42. The number of nitrogens with zero attached hydrogens (tertiary/aromatic N) is 2. The normalized spacial score (nSPS) is 10.9. The Bertz CT molecular complexity index is 920. The smallest absolute Gasteiger partial charge is 0.387 e. The first-order valence-electron chi connectivity index (χ1n) is 5.96. The minimum absolute atomic E-state index is 0.214. The molecule has 0 aliphatic carbocycles. The van der Waals surface area contributed by atoms with Crippen molar-refractivity contribution < 1.29 is 15.0 Å². The van der Waals surface area contributed by atoms with Crippen molar-refractivity contribution in [2.24, 2.45) is 0 Å². The number of aromatic hydroxyl groups is 1. The molecule has 7 nitrogen and oxygen atoms in total. The number of rotatable bonds is 2. The van der Waals surface area contributed by atoms with E-state index in [9.17, 15) is 25.3 Å². The van der Waals surface area contributed by atoms with Crippen molar-refractivity contribution in [3.8, 4) is 5.75 Å². The van der Waals surface area contributed by atoms with E-state index in [0.29, 0.717) is 5.39 Å². The summed E-state index contributed by atoms with van der Waals surface area (Å²) in [5.74, 6) is -0.685. The molecule has 104 valence electrons. The quantitative estimate of drug-likeness (QED) is 0.440. The molecule has 0 saturated heterocycles. The molecule has 0 aliphatic heterocycles. The van der Waals surface area contributed by atoms with Gasteiger partial charge in [-0.15, -0.1) is 0 Å². The van der Waals surface area contributed by atoms with Crippen LogP contribution >= 0.6 is 0 Å². The van der Waals surface area contributed by atoms with E-state index in [1.807, 2.05) is 12.1 Å². The predicted octanol–water partition coefficient (Wildman–Crippen LogP) is 3.52. The number of hydrogen-bond acceptors (Lipinski definition) is 5. The van der Waals surface area contributed by atoms with Crippen LogP contribution in [0.5, 0.6) is 5.75 Å². The second-order valence-electron chi connectivity index (χ2n) is 4.53. The molecule has 0 aromatic heterocycles. The van der Waals surface area contributed by atoms with E-state index in [1.54, 1.807) is 24.3 Å². The van der Waals surface area contributed by atoms with Crippen molar-refractivity contribution in [1.82, 2.24) is 0 Å². The van der Waals surface area contributed by atoms with E-state index in [0.717, 1.165) is 16.8 Å². The maximum Gasteiger partial charge on any atom is 0.387 e. The minimum Gasteiger partial charge on any atom is -0.501 e. The van der Waals surface area contributed by atoms with Crippen molar-refractivity contribution in [2.45, 2.75) is 0 Å². The first-order valence-corrected chi connectivity index (χ1v) is 5.96. The van der Waals surface area contributed by atoms with E-state index < -0.39 is 27.0 Å². The first-order chi connectivity index (χ1) is 9.99. The molecule has 3 aromatic rings. The van der Waals surface area contributed by atoms with Gasteiger partial charge in [-0.05, 0) is 28.3 Å². The van der Waals surface area contributed by atoms with E-state index in [-0.39, 0.29) is 5.39 Å². The van der Waals surface area contributed by atoms with Crippen molar-refractivity contribution in [1.29, 1.82) is 0 Å². The van der Waals surface area contributed by atoms with Crippen molar-refractivity contribution in [3.05, 3.63) is 62.7 Å². The van der Waals surface area contributed by atoms with Gasteiger partial charge in [0.05, 0.1) is 9.85 Å². The zero-order valence-corrected chi connectivity index (χ0v) is 10.5. The topological polar surface area (TPSA) is 107 Å². The molecule has 0 spiro atoms. The first kappa shape index (κ1) is 12.8. The standard InChI is InChI=1S/C14H8N2O5/c17-14-11-6-9-4-2-1-3-8(9)5-10(11)7-12(15(18)19)13(14)16(20)21/h1-7,17H. The van der Waals surface area contributed by atoms with Gasteiger partial charge in [0.1, 0.15) is 0 Å². The molecule has 0 unspecified atom stereocenters. The van der Waals surface area contributed by atoms with Gasteiger partial charge in [-0.3, -0.25) is 20.2 Å². The van der Waals surface area contributed by atoms with Crippen LogP contribution in [0.3, 0.4) is 0 Å². The second kappa shape index (κ2) is 4.41. The molecule has 0 aliphatic rings. The summed E-state index contributed by atoms with van der Waals surface area (Å²) in [6.45, 7) is 0. The summed E-state index contributed by atoms with van der Waals surface area (Å²) in [5.41, 5.74) is -1.61. The summed E-state index contributed by atoms with van der Waals surface area (Å²) in [6.07, 6.45) is 0. The summed E-state index contributed by atoms with van der Waals surface area (Å²) >= 11 is 0. The van der Waals surface area contributed by atoms with Crippen LogP contribution in [0.15, 0.2) is 42.5 Å². The van der Waals surface area contributed by atoms with Gasteiger partial charge in [0.15, 0.2) is 0 Å². The molecule has 1 N–H and O–H groups in total. The fourth-order valence-corrected chi connectivity index (χ4v) is 2.37. The monoisotopic (exact) mass is 284 g/mol. The molecule has 0 saturated carbocycles. The average molecular weight is 284 g/mol. The SMILES string of the molecule is O=[N+]([O-])c1cc2cc3ccccc3cc2c(O)c1[N+](=O)[O-]. The lowest BCUT2D eigenvalue weighted by Gasteiger charge is -2.05. The zero-order chi connectivity index (χ0) is 15.1. The molecule has 3 aromatic carbocycles. The number of nitro benzene ring substituents is 2. The largest absolute Gasteiger partial charge is 0.501 e. The summed E-state index contributed by atoms with van der Waals surface area (Å²) in [5, 5.41) is 34.2. The molecule has 0 radical (unpaired) electrons. The van der Waals surface area contributed by atoms with E-state index in [1.165, 1.54) is 0 Å². The molecule has 0 amide bonds. The van der Waals surface area contributed by atoms with Crippen LogP contribution in [-0.2, 0) is 0 Å². The minimum atomic E-state index is -0.942. The van der Waals surface area contributed by atoms with Gasteiger partial charge in [-0.2, -0.15) is 0 Å². The molecule has 0 atom stereocenters. The summed E-state index contributed by atoms with van der Waals surface area (Å²) in [7, 11) is 0. The highest BCUT2D eigenvalue weighted by Gasteiger charge is 2.31. The lowest BCUT2D eigenvalue weighted by atomic mass is 10.0. The van der Waals surface area contributed by atoms with Crippen LogP contribution < -0.4 is 0 Å². The molecule has 7 heteroatoms. The van der Waals surface area contributed by atoms with Gasteiger partial charge in [0.2, 0.25) is 5.75 Å². The van der Waals surface area contributed by atoms with Gasteiger partial charge in [-0.1, -0.05) is 24.3 Å². The van der Waals surface area contributed by atoms with Gasteiger partial charge >= 0.3 is 11.4 Å². The van der Waals surface area contributed by atoms with Gasteiger partial charge < -0.3 is 5.11 Å². The van der Waals surface area contributed by atoms with Crippen LogP contribution in [0.1, 0.15) is 0 Å². The Kier molecular flexibility index (Phi) is 2.69. The third-order valence-electron chi connectivity index (χ3n) is 3.31. The zero-order valence-electron chi connectivity index (χ0n) is 10.5. The Hall–Kier alpha value is -3.22. The maximum absolute atomic E-state index is 11.0. The van der Waals surface area contributed by atoms with E-state index in [4.69, 9.17) is 0 Å². The number of benzene rings is 3. The number of nitro groups is 2. The summed E-state index contributed by atoms with van der Waals surface area (Å²) < 4.78 is 0. The third-order valence-corrected chi connectivity index (χ3v) is 3.31. The molecular weight excluding hydrogens is 276 g/mol. The number of fused-ring (bicyclic) bond motifs is 2. The second-order valence-corrected chi connectivity index (χ2v) is 4.53. The van der Waals surface area contributed by atoms with Crippen LogP contribution in [-0.4, -0.2) is 15.0 Å². The van der Waals surface area contributed by atoms with Crippen LogP contribution in [0.2, 0.25) is 0 Å². The number of phenols is 1. The summed E-state index contributed by atoms with van der Waals surface area (Å²) in [6, 6.07) is 11.6. The van der Waals surface area contributed by atoms with Crippen LogP contribution in [0, 0.1) is 20.2 Å². The predicted molar refractivity (Wildman–Crippen MR) is 76.4 cm³/mol. The van der Waals surface area contributed by atoms with E-state index >= 15 is 0 Å². The van der Waals surface area contributed by atoms with Crippen LogP contribution in [0.25, 0.3) is 21.5 Å². The fourth-order valence-electron chi connectivity index (χ4n) is 2.37. The third kappa shape index (κ3) is 1.91. The molecular formula is C14H8N2O5. The summed E-state index contributed by atoms with van der Waals surface area (Å²) in [4.78, 5) is 20.2. The Morgan fingerprint density at radius 3 is 2.05 bits per heavy atom. The average Bonchev–Trinajstić information content (AvgIpc) is 2.44. The lowest BCUT2D eigenvalue weighted by molar-refractivity contribution is -0.422. The van der Waals surface area contributed by atoms with Gasteiger partial charge in [0.25, 0.3) is 0 Å². The highest BCUT2D eigenvalue weighted by atomic mass is 16.6. The molecule has 0 fully saturated rings. The van der Waals surface area contributed by atoms with Crippen molar-refractivity contribution in [3.63, 3.8) is 0 Å². The molecule has 0 heterocycles. The van der Waals surface area contributed by atoms with Crippen LogP contribution in [0.4, 0.5) is 11.4 Å². The number of hydrogen-bond donors (Lipinski definition) is 1. The Morgan fingerprint density at radius 1 is 0.857 bits per heavy atom. The fraction of sp³-hybridized carbons (Fsp3) is 0. The van der Waals surface area contributed by atoms with Crippen molar-refractivity contribution >= 4 is 32.9 Å². The van der Waals surface area contributed by atoms with Gasteiger partial charge in [0, 0.05) is 11.5 Å². The Balaban J connectivity index is 2.50. The molecule has 3 rings (SSSR count). The maximum atomic E-state index is 11.0. The Labute approximate surface area is 117 Å². The Morgan fingerprint density at radius 2 is 1.48 bits per heavy atom. The lowest BCUT2D eigenvalue weighted by Crippen LogP contribution is -1.97. The van der Waals surface area contributed by atoms with Gasteiger partial charge in [-0.25, -0.2) is 0 Å². The van der Waals surface area contributed by atoms with Crippen molar-refractivity contribution in [2.75, 3.05) is 0 Å². The number of phenolic OH excluding ortho intramolecular Hbond substituents is 1.